The maximum absolute atomic E-state index is 12.3. The lowest BCUT2D eigenvalue weighted by molar-refractivity contribution is 0.565. The highest BCUT2D eigenvalue weighted by atomic mass is 32.2. The van der Waals surface area contributed by atoms with E-state index in [-0.39, 0.29) is 11.4 Å². The number of rotatable bonds is 5. The standard InChI is InChI=1S/C10H16N6O2S/c1-6(8-4-12-13-5-8)16-19(17,18)10-7(2)14-15-9(10)3-11/h4-6,16H,3,11H2,1-2H3,(H,12,13)(H,14,15). The normalized spacial score (nSPS) is 13.6. The molecule has 0 bridgehead atoms. The smallest absolute Gasteiger partial charge is 0.244 e. The number of hydrogen-bond donors (Lipinski definition) is 4. The molecule has 1 unspecified atom stereocenters. The van der Waals surface area contributed by atoms with Crippen molar-refractivity contribution in [3.63, 3.8) is 0 Å². The van der Waals surface area contributed by atoms with Gasteiger partial charge in [0.1, 0.15) is 4.90 Å². The molecule has 19 heavy (non-hydrogen) atoms. The van der Waals surface area contributed by atoms with Crippen LogP contribution in [0.5, 0.6) is 0 Å². The monoisotopic (exact) mass is 284 g/mol. The van der Waals surface area contributed by atoms with Gasteiger partial charge in [-0.3, -0.25) is 10.2 Å². The highest BCUT2D eigenvalue weighted by molar-refractivity contribution is 7.89. The van der Waals surface area contributed by atoms with Crippen molar-refractivity contribution in [1.82, 2.24) is 25.1 Å². The van der Waals surface area contributed by atoms with E-state index >= 15 is 0 Å². The Balaban J connectivity index is 2.30. The quantitative estimate of drug-likeness (QED) is 0.611. The van der Waals surface area contributed by atoms with Gasteiger partial charge < -0.3 is 5.73 Å². The van der Waals surface area contributed by atoms with Crippen LogP contribution in [-0.4, -0.2) is 28.8 Å². The van der Waals surface area contributed by atoms with E-state index in [2.05, 4.69) is 25.1 Å². The fraction of sp³-hybridized carbons (Fsp3) is 0.400. The van der Waals surface area contributed by atoms with E-state index in [1.165, 1.54) is 0 Å². The summed E-state index contributed by atoms with van der Waals surface area (Å²) in [5.74, 6) is 0. The minimum Gasteiger partial charge on any atom is -0.325 e. The van der Waals surface area contributed by atoms with E-state index in [4.69, 9.17) is 5.73 Å². The summed E-state index contributed by atoms with van der Waals surface area (Å²) in [4.78, 5) is 0.116. The average molecular weight is 284 g/mol. The second-order valence-electron chi connectivity index (χ2n) is 4.20. The Bertz CT molecular complexity index is 646. The van der Waals surface area contributed by atoms with Gasteiger partial charge in [-0.2, -0.15) is 10.2 Å². The number of aryl methyl sites for hydroxylation is 1. The molecule has 5 N–H and O–H groups in total. The van der Waals surface area contributed by atoms with Crippen molar-refractivity contribution in [3.8, 4) is 0 Å². The van der Waals surface area contributed by atoms with Crippen LogP contribution in [0.25, 0.3) is 0 Å². The van der Waals surface area contributed by atoms with Gasteiger partial charge in [0.2, 0.25) is 10.0 Å². The summed E-state index contributed by atoms with van der Waals surface area (Å²) in [6.07, 6.45) is 3.21. The van der Waals surface area contributed by atoms with Gasteiger partial charge in [0.05, 0.1) is 17.6 Å². The molecular formula is C10H16N6O2S. The Labute approximate surface area is 110 Å². The maximum Gasteiger partial charge on any atom is 0.244 e. The molecule has 0 fully saturated rings. The zero-order chi connectivity index (χ0) is 14.0. The molecular weight excluding hydrogens is 268 g/mol. The van der Waals surface area contributed by atoms with Crippen LogP contribution < -0.4 is 10.5 Å². The van der Waals surface area contributed by atoms with E-state index in [9.17, 15) is 8.42 Å². The number of sulfonamides is 1. The van der Waals surface area contributed by atoms with Crippen molar-refractivity contribution >= 4 is 10.0 Å². The number of nitrogens with two attached hydrogens (primary N) is 1. The summed E-state index contributed by atoms with van der Waals surface area (Å²) < 4.78 is 27.3. The van der Waals surface area contributed by atoms with Crippen LogP contribution >= 0.6 is 0 Å². The van der Waals surface area contributed by atoms with Crippen molar-refractivity contribution in [3.05, 3.63) is 29.3 Å². The van der Waals surface area contributed by atoms with Crippen molar-refractivity contribution in [1.29, 1.82) is 0 Å². The second-order valence-corrected chi connectivity index (χ2v) is 5.85. The number of H-pyrrole nitrogens is 2. The SMILES string of the molecule is Cc1[nH]nc(CN)c1S(=O)(=O)NC(C)c1cn[nH]c1. The Kier molecular flexibility index (Phi) is 3.69. The molecule has 2 heterocycles. The van der Waals surface area contributed by atoms with Gasteiger partial charge in [-0.1, -0.05) is 0 Å². The van der Waals surface area contributed by atoms with Crippen molar-refractivity contribution < 1.29 is 8.42 Å². The molecule has 2 aromatic heterocycles. The summed E-state index contributed by atoms with van der Waals surface area (Å²) in [5, 5.41) is 12.9. The fourth-order valence-electron chi connectivity index (χ4n) is 1.82. The first-order chi connectivity index (χ1) is 8.95. The minimum absolute atomic E-state index is 0.0562. The van der Waals surface area contributed by atoms with Gasteiger partial charge in [0, 0.05) is 24.3 Å². The summed E-state index contributed by atoms with van der Waals surface area (Å²) in [5.41, 5.74) is 7.03. The molecule has 9 heteroatoms. The molecule has 0 saturated carbocycles. The zero-order valence-electron chi connectivity index (χ0n) is 10.6. The summed E-state index contributed by atoms with van der Waals surface area (Å²) in [6.45, 7) is 3.43. The summed E-state index contributed by atoms with van der Waals surface area (Å²) in [7, 11) is -3.68. The first kappa shape index (κ1) is 13.7. The molecule has 0 aliphatic rings. The first-order valence-electron chi connectivity index (χ1n) is 5.70. The highest BCUT2D eigenvalue weighted by Gasteiger charge is 2.25. The van der Waals surface area contributed by atoms with Crippen molar-refractivity contribution in [2.75, 3.05) is 0 Å². The van der Waals surface area contributed by atoms with E-state index in [0.717, 1.165) is 5.56 Å². The number of aromatic nitrogens is 4. The van der Waals surface area contributed by atoms with E-state index in [0.29, 0.717) is 11.4 Å². The molecule has 0 spiro atoms. The Hall–Kier alpha value is -1.71. The molecule has 8 nitrogen and oxygen atoms in total. The average Bonchev–Trinajstić information content (AvgIpc) is 2.96. The van der Waals surface area contributed by atoms with Gasteiger partial charge in [-0.25, -0.2) is 13.1 Å². The first-order valence-corrected chi connectivity index (χ1v) is 7.19. The van der Waals surface area contributed by atoms with Crippen LogP contribution in [-0.2, 0) is 16.6 Å². The van der Waals surface area contributed by atoms with Gasteiger partial charge >= 0.3 is 0 Å². The Morgan fingerprint density at radius 3 is 2.84 bits per heavy atom. The molecule has 2 aromatic rings. The number of aromatic amines is 2. The third-order valence-corrected chi connectivity index (χ3v) is 4.52. The predicted octanol–water partition coefficient (Wildman–Crippen LogP) is -0.0606. The molecule has 104 valence electrons. The molecule has 1 atom stereocenters. The van der Waals surface area contributed by atoms with E-state index in [1.54, 1.807) is 26.2 Å². The molecule has 0 saturated heterocycles. The number of nitrogens with one attached hydrogen (secondary N) is 3. The molecule has 0 aliphatic carbocycles. The van der Waals surface area contributed by atoms with Gasteiger partial charge in [0.25, 0.3) is 0 Å². The molecule has 0 amide bonds. The van der Waals surface area contributed by atoms with E-state index < -0.39 is 16.1 Å². The van der Waals surface area contributed by atoms with Gasteiger partial charge in [0.15, 0.2) is 0 Å². The summed E-state index contributed by atoms with van der Waals surface area (Å²) >= 11 is 0. The number of hydrogen-bond acceptors (Lipinski definition) is 5. The van der Waals surface area contributed by atoms with Crippen LogP contribution in [0.15, 0.2) is 17.3 Å². The van der Waals surface area contributed by atoms with Crippen LogP contribution in [0.1, 0.15) is 29.9 Å². The third kappa shape index (κ3) is 2.67. The van der Waals surface area contributed by atoms with Crippen LogP contribution in [0.4, 0.5) is 0 Å². The largest absolute Gasteiger partial charge is 0.325 e. The highest BCUT2D eigenvalue weighted by Crippen LogP contribution is 2.20. The van der Waals surface area contributed by atoms with Crippen LogP contribution in [0.3, 0.4) is 0 Å². The van der Waals surface area contributed by atoms with Crippen LogP contribution in [0.2, 0.25) is 0 Å². The molecule has 2 rings (SSSR count). The summed E-state index contributed by atoms with van der Waals surface area (Å²) in [6, 6.07) is -0.399. The lowest BCUT2D eigenvalue weighted by Crippen LogP contribution is -2.28. The van der Waals surface area contributed by atoms with Crippen molar-refractivity contribution in [2.24, 2.45) is 5.73 Å². The van der Waals surface area contributed by atoms with Gasteiger partial charge in [-0.15, -0.1) is 0 Å². The fourth-order valence-corrected chi connectivity index (χ4v) is 3.43. The Morgan fingerprint density at radius 1 is 1.53 bits per heavy atom. The molecule has 0 radical (unpaired) electrons. The second kappa shape index (κ2) is 5.11. The van der Waals surface area contributed by atoms with E-state index in [1.807, 2.05) is 0 Å². The molecule has 0 aromatic carbocycles. The van der Waals surface area contributed by atoms with Crippen molar-refractivity contribution in [2.45, 2.75) is 31.3 Å². The predicted molar refractivity (Wildman–Crippen MR) is 68.5 cm³/mol. The number of nitrogens with zero attached hydrogens (tertiary/aromatic N) is 2. The lowest BCUT2D eigenvalue weighted by atomic mass is 10.2. The molecule has 0 aliphatic heterocycles. The zero-order valence-corrected chi connectivity index (χ0v) is 11.5. The Morgan fingerprint density at radius 2 is 2.26 bits per heavy atom. The maximum atomic E-state index is 12.3. The lowest BCUT2D eigenvalue weighted by Gasteiger charge is -2.13. The van der Waals surface area contributed by atoms with Crippen LogP contribution in [0, 0.1) is 6.92 Å². The minimum atomic E-state index is -3.68. The van der Waals surface area contributed by atoms with Gasteiger partial charge in [-0.05, 0) is 13.8 Å². The third-order valence-electron chi connectivity index (χ3n) is 2.77. The topological polar surface area (TPSA) is 130 Å².